The molecule has 0 bridgehead atoms. The van der Waals surface area contributed by atoms with Crippen LogP contribution in [0.25, 0.3) is 0 Å². The number of hydrogen-bond acceptors (Lipinski definition) is 8. The Morgan fingerprint density at radius 2 is 1.70 bits per heavy atom. The molecule has 37 heavy (non-hydrogen) atoms. The number of aromatic amines is 1. The van der Waals surface area contributed by atoms with Crippen molar-refractivity contribution < 1.29 is 35.9 Å². The van der Waals surface area contributed by atoms with Gasteiger partial charge in [0, 0.05) is 58.2 Å². The molecule has 2 saturated heterocycles. The molecule has 0 aliphatic carbocycles. The summed E-state index contributed by atoms with van der Waals surface area (Å²) in [4.78, 5) is 37.2. The molecule has 1 amide bonds. The van der Waals surface area contributed by atoms with Gasteiger partial charge in [0.2, 0.25) is 5.95 Å². The van der Waals surface area contributed by atoms with Crippen molar-refractivity contribution in [3.05, 3.63) is 45.1 Å². The van der Waals surface area contributed by atoms with E-state index in [2.05, 4.69) is 15.1 Å². The van der Waals surface area contributed by atoms with Crippen LogP contribution in [0.1, 0.15) is 22.4 Å². The third kappa shape index (κ3) is 6.01. The number of nitrogens with one attached hydrogen (secondary N) is 1. The molecule has 202 valence electrons. The highest BCUT2D eigenvalue weighted by molar-refractivity contribution is 5.81. The fourth-order valence-electron chi connectivity index (χ4n) is 4.24. The van der Waals surface area contributed by atoms with E-state index in [1.165, 1.54) is 6.92 Å². The van der Waals surface area contributed by atoms with Gasteiger partial charge >= 0.3 is 12.4 Å². The zero-order valence-electron chi connectivity index (χ0n) is 19.6. The van der Waals surface area contributed by atoms with Crippen LogP contribution >= 0.6 is 0 Å². The highest BCUT2D eigenvalue weighted by Crippen LogP contribution is 2.30. The van der Waals surface area contributed by atoms with Crippen LogP contribution in [-0.4, -0.2) is 87.9 Å². The number of hydrogen-bond donors (Lipinski definition) is 1. The van der Waals surface area contributed by atoms with E-state index in [1.807, 2.05) is 5.10 Å². The molecule has 4 heterocycles. The Labute approximate surface area is 206 Å². The lowest BCUT2D eigenvalue weighted by molar-refractivity contribution is -0.150. The van der Waals surface area contributed by atoms with Crippen LogP contribution in [0.5, 0.6) is 0 Å². The van der Waals surface area contributed by atoms with Gasteiger partial charge in [-0.05, 0) is 12.5 Å². The Kier molecular flexibility index (Phi) is 7.41. The summed E-state index contributed by atoms with van der Waals surface area (Å²) in [5.74, 6) is -0.179. The molecule has 0 saturated carbocycles. The van der Waals surface area contributed by atoms with E-state index >= 15 is 0 Å². The molecule has 1 unspecified atom stereocenters. The van der Waals surface area contributed by atoms with E-state index in [-0.39, 0.29) is 55.9 Å². The highest BCUT2D eigenvalue weighted by Gasteiger charge is 2.38. The lowest BCUT2D eigenvalue weighted by Crippen LogP contribution is -2.56. The molecular formula is C21H23F6N7O3. The molecule has 2 aliphatic heterocycles. The Morgan fingerprint density at radius 3 is 2.30 bits per heavy atom. The van der Waals surface area contributed by atoms with E-state index in [0.717, 1.165) is 0 Å². The van der Waals surface area contributed by atoms with Crippen LogP contribution in [0.2, 0.25) is 0 Å². The number of halogens is 6. The molecule has 2 aliphatic rings. The van der Waals surface area contributed by atoms with Gasteiger partial charge in [-0.2, -0.15) is 31.4 Å². The molecule has 0 spiro atoms. The maximum atomic E-state index is 13.3. The van der Waals surface area contributed by atoms with Crippen LogP contribution in [-0.2, 0) is 28.4 Å². The first-order valence-electron chi connectivity index (χ1n) is 11.3. The molecular weight excluding hydrogens is 512 g/mol. The van der Waals surface area contributed by atoms with Crippen molar-refractivity contribution in [1.29, 1.82) is 0 Å². The van der Waals surface area contributed by atoms with Gasteiger partial charge in [0.05, 0.1) is 17.9 Å². The first-order chi connectivity index (χ1) is 17.3. The summed E-state index contributed by atoms with van der Waals surface area (Å²) >= 11 is 0. The number of alkyl halides is 6. The van der Waals surface area contributed by atoms with Crippen LogP contribution < -0.4 is 10.5 Å². The van der Waals surface area contributed by atoms with Crippen molar-refractivity contribution in [2.24, 2.45) is 0 Å². The maximum absolute atomic E-state index is 13.3. The van der Waals surface area contributed by atoms with Gasteiger partial charge in [-0.3, -0.25) is 14.5 Å². The summed E-state index contributed by atoms with van der Waals surface area (Å²) in [5.41, 5.74) is -3.79. The first-order valence-corrected chi connectivity index (χ1v) is 11.3. The van der Waals surface area contributed by atoms with E-state index in [0.29, 0.717) is 32.0 Å². The maximum Gasteiger partial charge on any atom is 0.422 e. The zero-order chi connectivity index (χ0) is 27.0. The molecule has 16 heteroatoms. The second kappa shape index (κ2) is 10.2. The second-order valence-electron chi connectivity index (χ2n) is 8.67. The SMILES string of the molecule is Cc1c(CN2CCOC(C(=O)N3CCN(c4ncc(C(F)(F)F)cn4)CC3)C2)n[nH]c(=O)c1C(F)(F)F. The van der Waals surface area contributed by atoms with E-state index in [1.54, 1.807) is 14.7 Å². The number of ether oxygens (including phenoxy) is 1. The largest absolute Gasteiger partial charge is 0.422 e. The molecule has 1 atom stereocenters. The van der Waals surface area contributed by atoms with Gasteiger partial charge in [-0.1, -0.05) is 0 Å². The van der Waals surface area contributed by atoms with Gasteiger partial charge in [0.15, 0.2) is 0 Å². The summed E-state index contributed by atoms with van der Waals surface area (Å²) in [6.07, 6.45) is -8.80. The van der Waals surface area contributed by atoms with Crippen molar-refractivity contribution in [3.8, 4) is 0 Å². The molecule has 10 nitrogen and oxygen atoms in total. The molecule has 4 rings (SSSR count). The number of morpholine rings is 1. The number of carbonyl (C=O) groups is 1. The minimum atomic E-state index is -4.83. The first kappa shape index (κ1) is 26.8. The highest BCUT2D eigenvalue weighted by atomic mass is 19.4. The number of anilines is 1. The quantitative estimate of drug-likeness (QED) is 0.587. The minimum absolute atomic E-state index is 0.0160. The number of rotatable bonds is 4. The topological polar surface area (TPSA) is 108 Å². The van der Waals surface area contributed by atoms with Crippen LogP contribution in [0.4, 0.5) is 32.3 Å². The van der Waals surface area contributed by atoms with Crippen LogP contribution in [0, 0.1) is 6.92 Å². The number of amides is 1. The Hall–Kier alpha value is -3.27. The Bertz CT molecular complexity index is 1180. The molecule has 1 N–H and O–H groups in total. The summed E-state index contributed by atoms with van der Waals surface area (Å²) in [7, 11) is 0. The summed E-state index contributed by atoms with van der Waals surface area (Å²) in [5, 5.41) is 5.66. The normalized spacial score (nSPS) is 19.8. The fourth-order valence-corrected chi connectivity index (χ4v) is 4.24. The Balaban J connectivity index is 1.35. The average molecular weight is 535 g/mol. The molecule has 2 fully saturated rings. The van der Waals surface area contributed by atoms with Crippen molar-refractivity contribution in [2.45, 2.75) is 31.9 Å². The number of carbonyl (C=O) groups excluding carboxylic acids is 1. The van der Waals surface area contributed by atoms with Crippen molar-refractivity contribution in [1.82, 2.24) is 30.0 Å². The molecule has 0 radical (unpaired) electrons. The lowest BCUT2D eigenvalue weighted by Gasteiger charge is -2.38. The predicted octanol–water partition coefficient (Wildman–Crippen LogP) is 1.46. The number of piperazine rings is 1. The zero-order valence-corrected chi connectivity index (χ0v) is 19.6. The van der Waals surface area contributed by atoms with Gasteiger partial charge in [0.1, 0.15) is 11.7 Å². The molecule has 0 aromatic carbocycles. The number of aromatic nitrogens is 4. The summed E-state index contributed by atoms with van der Waals surface area (Å²) in [6.45, 7) is 2.93. The van der Waals surface area contributed by atoms with E-state index in [4.69, 9.17) is 4.74 Å². The van der Waals surface area contributed by atoms with Crippen LogP contribution in [0.15, 0.2) is 17.2 Å². The van der Waals surface area contributed by atoms with E-state index in [9.17, 15) is 35.9 Å². The Morgan fingerprint density at radius 1 is 1.05 bits per heavy atom. The monoisotopic (exact) mass is 535 g/mol. The van der Waals surface area contributed by atoms with Gasteiger partial charge in [0.25, 0.3) is 11.5 Å². The summed E-state index contributed by atoms with van der Waals surface area (Å²) in [6, 6.07) is 0. The standard InChI is InChI=1S/C21H23F6N7O3/c1-12-14(30-31-17(35)16(12)21(25,26)27)10-32-6-7-37-15(11-32)18(36)33-2-4-34(5-3-33)19-28-8-13(9-29-19)20(22,23)24/h8-9,15H,2-7,10-11H2,1H3,(H,31,35). The smallest absolute Gasteiger partial charge is 0.366 e. The lowest BCUT2D eigenvalue weighted by atomic mass is 10.1. The second-order valence-corrected chi connectivity index (χ2v) is 8.67. The van der Waals surface area contributed by atoms with Crippen molar-refractivity contribution >= 4 is 11.9 Å². The van der Waals surface area contributed by atoms with Gasteiger partial charge in [-0.15, -0.1) is 0 Å². The number of nitrogens with zero attached hydrogens (tertiary/aromatic N) is 6. The molecule has 2 aromatic heterocycles. The van der Waals surface area contributed by atoms with Gasteiger partial charge in [-0.25, -0.2) is 15.1 Å². The third-order valence-electron chi connectivity index (χ3n) is 6.25. The van der Waals surface area contributed by atoms with Crippen molar-refractivity contribution in [3.63, 3.8) is 0 Å². The van der Waals surface area contributed by atoms with Crippen LogP contribution in [0.3, 0.4) is 0 Å². The number of H-pyrrole nitrogens is 1. The average Bonchev–Trinajstić information content (AvgIpc) is 2.84. The van der Waals surface area contributed by atoms with E-state index < -0.39 is 35.1 Å². The fraction of sp³-hybridized carbons (Fsp3) is 0.571. The summed E-state index contributed by atoms with van der Waals surface area (Å²) < 4.78 is 83.5. The minimum Gasteiger partial charge on any atom is -0.366 e. The molecule has 2 aromatic rings. The third-order valence-corrected chi connectivity index (χ3v) is 6.25. The predicted molar refractivity (Wildman–Crippen MR) is 115 cm³/mol. The van der Waals surface area contributed by atoms with Gasteiger partial charge < -0.3 is 14.5 Å². The van der Waals surface area contributed by atoms with Crippen molar-refractivity contribution in [2.75, 3.05) is 50.8 Å².